The molecule has 0 bridgehead atoms. The number of carbonyl (C=O) groups is 1. The van der Waals surface area contributed by atoms with Crippen LogP contribution in [-0.4, -0.2) is 19.4 Å². The molecular weight excluding hydrogens is 443 g/mol. The fourth-order valence-corrected chi connectivity index (χ4v) is 4.67. The third kappa shape index (κ3) is 3.75. The van der Waals surface area contributed by atoms with E-state index in [-0.39, 0.29) is 27.0 Å². The van der Waals surface area contributed by atoms with Crippen molar-refractivity contribution in [2.24, 2.45) is 0 Å². The van der Waals surface area contributed by atoms with Crippen LogP contribution in [0.4, 0.5) is 13.2 Å². The van der Waals surface area contributed by atoms with E-state index in [0.717, 1.165) is 25.2 Å². The van der Waals surface area contributed by atoms with Crippen LogP contribution >= 0.6 is 11.6 Å². The van der Waals surface area contributed by atoms with Gasteiger partial charge in [-0.25, -0.2) is 8.42 Å². The Bertz CT molecular complexity index is 1230. The number of hydrogen-bond donors (Lipinski definition) is 0. The van der Waals surface area contributed by atoms with Gasteiger partial charge in [-0.2, -0.15) is 13.2 Å². The van der Waals surface area contributed by atoms with Crippen LogP contribution in [0.5, 0.6) is 0 Å². The summed E-state index contributed by atoms with van der Waals surface area (Å²) in [6.07, 6.45) is -2.10. The number of ketones is 1. The van der Waals surface area contributed by atoms with Crippen molar-refractivity contribution in [3.63, 3.8) is 0 Å². The zero-order valence-electron chi connectivity index (χ0n) is 15.1. The largest absolute Gasteiger partial charge is 0.416 e. The Morgan fingerprint density at radius 3 is 2.33 bits per heavy atom. The van der Waals surface area contributed by atoms with Crippen LogP contribution in [0.25, 0.3) is 0 Å². The fourth-order valence-electron chi connectivity index (χ4n) is 3.06. The molecule has 1 aliphatic rings. The second kappa shape index (κ2) is 7.24. The second-order valence-corrected chi connectivity index (χ2v) is 9.24. The zero-order chi connectivity index (χ0) is 21.7. The van der Waals surface area contributed by atoms with E-state index in [1.807, 2.05) is 0 Å². The molecule has 0 atom stereocenters. The molecule has 0 unspecified atom stereocenters. The maximum absolute atomic E-state index is 13.3. The average Bonchev–Trinajstić information content (AvgIpc) is 3.43. The molecule has 0 amide bonds. The van der Waals surface area contributed by atoms with Crippen molar-refractivity contribution in [3.8, 4) is 0 Å². The van der Waals surface area contributed by atoms with Gasteiger partial charge in [0.25, 0.3) is 0 Å². The van der Waals surface area contributed by atoms with Gasteiger partial charge in [-0.15, -0.1) is 0 Å². The number of halogens is 4. The monoisotopic (exact) mass is 455 g/mol. The highest BCUT2D eigenvalue weighted by atomic mass is 35.5. The summed E-state index contributed by atoms with van der Waals surface area (Å²) in [5, 5.41) is 4.06. The Balaban J connectivity index is 1.90. The SMILES string of the molecule is O=C(c1ccc(C(F)(F)F)cc1S(=O)(=O)c1ccc(Cl)cc1)c1conc1C1CC1. The van der Waals surface area contributed by atoms with E-state index >= 15 is 0 Å². The van der Waals surface area contributed by atoms with E-state index in [1.165, 1.54) is 24.3 Å². The third-order valence-electron chi connectivity index (χ3n) is 4.77. The van der Waals surface area contributed by atoms with Crippen molar-refractivity contribution < 1.29 is 30.9 Å². The highest BCUT2D eigenvalue weighted by molar-refractivity contribution is 7.91. The Hall–Kier alpha value is -2.65. The zero-order valence-corrected chi connectivity index (χ0v) is 16.7. The first kappa shape index (κ1) is 20.6. The van der Waals surface area contributed by atoms with Gasteiger partial charge in [-0.3, -0.25) is 4.79 Å². The van der Waals surface area contributed by atoms with Crippen molar-refractivity contribution in [2.45, 2.75) is 34.7 Å². The first-order valence-corrected chi connectivity index (χ1v) is 10.7. The second-order valence-electron chi connectivity index (χ2n) is 6.88. The lowest BCUT2D eigenvalue weighted by atomic mass is 10.0. The molecule has 4 rings (SSSR count). The fraction of sp³-hybridized carbons (Fsp3) is 0.200. The van der Waals surface area contributed by atoms with Crippen LogP contribution in [-0.2, 0) is 16.0 Å². The van der Waals surface area contributed by atoms with Crippen LogP contribution in [0.3, 0.4) is 0 Å². The number of nitrogens with zero attached hydrogens (tertiary/aromatic N) is 1. The van der Waals surface area contributed by atoms with E-state index in [9.17, 15) is 26.4 Å². The Kier molecular flexibility index (Phi) is 4.98. The lowest BCUT2D eigenvalue weighted by molar-refractivity contribution is -0.137. The minimum absolute atomic E-state index is 0.0217. The van der Waals surface area contributed by atoms with Gasteiger partial charge >= 0.3 is 6.18 Å². The van der Waals surface area contributed by atoms with Crippen molar-refractivity contribution in [1.29, 1.82) is 0 Å². The van der Waals surface area contributed by atoms with E-state index in [4.69, 9.17) is 16.1 Å². The Morgan fingerprint density at radius 2 is 1.73 bits per heavy atom. The van der Waals surface area contributed by atoms with Crippen LogP contribution < -0.4 is 0 Å². The highest BCUT2D eigenvalue weighted by Crippen LogP contribution is 2.42. The summed E-state index contributed by atoms with van der Waals surface area (Å²) in [5.74, 6) is -0.743. The molecule has 2 aromatic carbocycles. The molecule has 1 fully saturated rings. The summed E-state index contributed by atoms with van der Waals surface area (Å²) in [7, 11) is -4.45. The van der Waals surface area contributed by atoms with Crippen LogP contribution in [0.2, 0.25) is 5.02 Å². The highest BCUT2D eigenvalue weighted by Gasteiger charge is 2.37. The molecule has 30 heavy (non-hydrogen) atoms. The first-order chi connectivity index (χ1) is 14.1. The molecule has 1 aromatic heterocycles. The van der Waals surface area contributed by atoms with E-state index in [0.29, 0.717) is 17.8 Å². The van der Waals surface area contributed by atoms with Gasteiger partial charge in [0.2, 0.25) is 9.84 Å². The van der Waals surface area contributed by atoms with E-state index in [1.54, 1.807) is 0 Å². The maximum atomic E-state index is 13.3. The minimum Gasteiger partial charge on any atom is -0.364 e. The standard InChI is InChI=1S/C20H13ClF3NO4S/c21-13-4-6-14(7-5-13)30(27,28)17-9-12(20(22,23)24)3-8-15(17)19(26)16-10-29-25-18(16)11-1-2-11/h3-11H,1-2H2. The van der Waals surface area contributed by atoms with Gasteiger partial charge in [-0.1, -0.05) is 16.8 Å². The van der Waals surface area contributed by atoms with Crippen molar-refractivity contribution in [2.75, 3.05) is 0 Å². The lowest BCUT2D eigenvalue weighted by Crippen LogP contribution is -2.14. The van der Waals surface area contributed by atoms with Crippen molar-refractivity contribution >= 4 is 27.2 Å². The Morgan fingerprint density at radius 1 is 1.07 bits per heavy atom. The molecule has 0 saturated heterocycles. The smallest absolute Gasteiger partial charge is 0.364 e. The summed E-state index contributed by atoms with van der Waals surface area (Å²) in [4.78, 5) is 12.1. The molecular formula is C20H13ClF3NO4S. The molecule has 0 spiro atoms. The van der Waals surface area contributed by atoms with Gasteiger partial charge in [0.15, 0.2) is 5.78 Å². The predicted molar refractivity (Wildman–Crippen MR) is 100 cm³/mol. The quantitative estimate of drug-likeness (QED) is 0.489. The molecule has 5 nitrogen and oxygen atoms in total. The molecule has 0 radical (unpaired) electrons. The Labute approximate surface area is 174 Å². The molecule has 1 heterocycles. The van der Waals surface area contributed by atoms with Gasteiger partial charge in [0, 0.05) is 16.5 Å². The number of sulfone groups is 1. The summed E-state index contributed by atoms with van der Waals surface area (Å²) in [5.41, 5.74) is -1.14. The predicted octanol–water partition coefficient (Wildman–Crippen LogP) is 5.29. The summed E-state index contributed by atoms with van der Waals surface area (Å²) >= 11 is 5.78. The van der Waals surface area contributed by atoms with Gasteiger partial charge in [0.05, 0.1) is 26.6 Å². The number of benzene rings is 2. The number of carbonyl (C=O) groups excluding carboxylic acids is 1. The van der Waals surface area contributed by atoms with Crippen LogP contribution in [0.1, 0.15) is 45.9 Å². The topological polar surface area (TPSA) is 77.2 Å². The van der Waals surface area contributed by atoms with E-state index in [2.05, 4.69) is 5.16 Å². The molecule has 1 aliphatic carbocycles. The number of aromatic nitrogens is 1. The molecule has 3 aromatic rings. The molecule has 0 N–H and O–H groups in total. The minimum atomic E-state index is -4.79. The molecule has 1 saturated carbocycles. The average molecular weight is 456 g/mol. The van der Waals surface area contributed by atoms with Crippen molar-refractivity contribution in [3.05, 3.63) is 76.1 Å². The number of hydrogen-bond acceptors (Lipinski definition) is 5. The lowest BCUT2D eigenvalue weighted by Gasteiger charge is -2.14. The maximum Gasteiger partial charge on any atom is 0.416 e. The van der Waals surface area contributed by atoms with Crippen LogP contribution in [0, 0.1) is 0 Å². The van der Waals surface area contributed by atoms with Gasteiger partial charge in [0.1, 0.15) is 6.26 Å². The summed E-state index contributed by atoms with van der Waals surface area (Å²) in [6, 6.07) is 6.96. The first-order valence-electron chi connectivity index (χ1n) is 8.80. The van der Waals surface area contributed by atoms with Crippen LogP contribution in [0.15, 0.2) is 63.0 Å². The summed E-state index contributed by atoms with van der Waals surface area (Å²) in [6.45, 7) is 0. The number of rotatable bonds is 5. The summed E-state index contributed by atoms with van der Waals surface area (Å²) < 4.78 is 71.0. The van der Waals surface area contributed by atoms with Gasteiger partial charge in [-0.05, 0) is 55.3 Å². The molecule has 156 valence electrons. The van der Waals surface area contributed by atoms with E-state index < -0.39 is 32.3 Å². The van der Waals surface area contributed by atoms with Crippen molar-refractivity contribution in [1.82, 2.24) is 5.16 Å². The molecule has 10 heteroatoms. The molecule has 0 aliphatic heterocycles. The normalized spacial score (nSPS) is 14.7. The van der Waals surface area contributed by atoms with Gasteiger partial charge < -0.3 is 4.52 Å². The number of alkyl halides is 3. The third-order valence-corrected chi connectivity index (χ3v) is 6.83.